The molecule has 104 valence electrons. The molecule has 19 heavy (non-hydrogen) atoms. The molecular weight excluding hydrogens is 240 g/mol. The van der Waals surface area contributed by atoms with Crippen molar-refractivity contribution in [3.05, 3.63) is 29.8 Å². The molecule has 0 bridgehead atoms. The van der Waals surface area contributed by atoms with Crippen molar-refractivity contribution in [1.29, 1.82) is 0 Å². The van der Waals surface area contributed by atoms with Gasteiger partial charge in [0.1, 0.15) is 0 Å². The predicted molar refractivity (Wildman–Crippen MR) is 76.6 cm³/mol. The van der Waals surface area contributed by atoms with Gasteiger partial charge in [-0.1, -0.05) is 12.1 Å². The Morgan fingerprint density at radius 3 is 3.00 bits per heavy atom. The number of nitrogens with zero attached hydrogens (tertiary/aromatic N) is 1. The number of aliphatic carboxylic acids is 1. The normalized spacial score (nSPS) is 24.0. The minimum absolute atomic E-state index is 0.0178. The zero-order chi connectivity index (χ0) is 13.8. The van der Waals surface area contributed by atoms with Crippen LogP contribution in [0.25, 0.3) is 0 Å². The predicted octanol–water partition coefficient (Wildman–Crippen LogP) is 2.03. The summed E-state index contributed by atoms with van der Waals surface area (Å²) in [6.45, 7) is 5.84. The Morgan fingerprint density at radius 2 is 2.32 bits per heavy atom. The van der Waals surface area contributed by atoms with Gasteiger partial charge in [0.15, 0.2) is 0 Å². The van der Waals surface area contributed by atoms with Crippen LogP contribution in [-0.2, 0) is 4.79 Å². The molecule has 2 rings (SSSR count). The largest absolute Gasteiger partial charge is 0.481 e. The maximum atomic E-state index is 11.1. The van der Waals surface area contributed by atoms with E-state index in [-0.39, 0.29) is 12.5 Å². The second-order valence-electron chi connectivity index (χ2n) is 5.38. The van der Waals surface area contributed by atoms with Crippen molar-refractivity contribution in [3.63, 3.8) is 0 Å². The molecule has 1 fully saturated rings. The van der Waals surface area contributed by atoms with E-state index in [0.717, 1.165) is 25.2 Å². The fourth-order valence-corrected chi connectivity index (χ4v) is 2.60. The molecule has 4 nitrogen and oxygen atoms in total. The smallest absolute Gasteiger partial charge is 0.305 e. The molecule has 2 N–H and O–H groups in total. The van der Waals surface area contributed by atoms with Crippen molar-refractivity contribution in [2.24, 2.45) is 0 Å². The van der Waals surface area contributed by atoms with Crippen molar-refractivity contribution in [1.82, 2.24) is 5.32 Å². The number of aryl methyl sites for hydroxylation is 1. The van der Waals surface area contributed by atoms with Crippen LogP contribution in [0.2, 0.25) is 0 Å². The molecule has 2 unspecified atom stereocenters. The average molecular weight is 262 g/mol. The van der Waals surface area contributed by atoms with Crippen LogP contribution in [0.4, 0.5) is 5.69 Å². The van der Waals surface area contributed by atoms with E-state index in [0.29, 0.717) is 6.04 Å². The highest BCUT2D eigenvalue weighted by molar-refractivity contribution is 5.68. The molecule has 1 aliphatic heterocycles. The minimum atomic E-state index is -0.737. The number of rotatable bonds is 3. The maximum absolute atomic E-state index is 11.1. The summed E-state index contributed by atoms with van der Waals surface area (Å²) in [4.78, 5) is 13.3. The highest BCUT2D eigenvalue weighted by Crippen LogP contribution is 2.22. The molecule has 0 aromatic heterocycles. The van der Waals surface area contributed by atoms with E-state index in [2.05, 4.69) is 42.3 Å². The summed E-state index contributed by atoms with van der Waals surface area (Å²) >= 11 is 0. The Labute approximate surface area is 114 Å². The number of hydrogen-bond acceptors (Lipinski definition) is 3. The van der Waals surface area contributed by atoms with Crippen LogP contribution in [0.15, 0.2) is 24.3 Å². The first-order valence-corrected chi connectivity index (χ1v) is 6.85. The third-order valence-corrected chi connectivity index (χ3v) is 3.69. The van der Waals surface area contributed by atoms with Crippen LogP contribution in [0.1, 0.15) is 25.3 Å². The summed E-state index contributed by atoms with van der Waals surface area (Å²) in [7, 11) is 0. The highest BCUT2D eigenvalue weighted by Gasteiger charge is 2.25. The molecular formula is C15H22N2O2. The Morgan fingerprint density at radius 1 is 1.53 bits per heavy atom. The summed E-state index contributed by atoms with van der Waals surface area (Å²) in [6, 6.07) is 8.75. The van der Waals surface area contributed by atoms with E-state index in [4.69, 9.17) is 5.11 Å². The van der Waals surface area contributed by atoms with E-state index in [1.54, 1.807) is 0 Å². The molecule has 4 heteroatoms. The van der Waals surface area contributed by atoms with Crippen LogP contribution in [-0.4, -0.2) is 36.2 Å². The van der Waals surface area contributed by atoms with Gasteiger partial charge in [-0.2, -0.15) is 0 Å². The summed E-state index contributed by atoms with van der Waals surface area (Å²) in [5.74, 6) is -0.737. The fourth-order valence-electron chi connectivity index (χ4n) is 2.60. The Kier molecular flexibility index (Phi) is 4.43. The summed E-state index contributed by atoms with van der Waals surface area (Å²) in [5, 5.41) is 12.5. The number of nitrogens with one attached hydrogen (secondary N) is 1. The van der Waals surface area contributed by atoms with Gasteiger partial charge in [0, 0.05) is 24.8 Å². The molecule has 2 atom stereocenters. The van der Waals surface area contributed by atoms with Gasteiger partial charge >= 0.3 is 5.97 Å². The molecule has 0 spiro atoms. The molecule has 1 aromatic carbocycles. The van der Waals surface area contributed by atoms with Crippen molar-refractivity contribution in [3.8, 4) is 0 Å². The van der Waals surface area contributed by atoms with Crippen molar-refractivity contribution >= 4 is 11.7 Å². The first-order chi connectivity index (χ1) is 9.06. The van der Waals surface area contributed by atoms with E-state index in [1.807, 2.05) is 6.07 Å². The number of carbonyl (C=O) groups is 1. The van der Waals surface area contributed by atoms with Gasteiger partial charge in [-0.25, -0.2) is 0 Å². The standard InChI is InChI=1S/C15H22N2O2/c1-11-4-3-5-13(8-11)17-7-6-12(2)16-10-14(17)9-15(18)19/h3-5,8,12,14,16H,6-7,9-10H2,1-2H3,(H,18,19). The molecule has 0 radical (unpaired) electrons. The number of anilines is 1. The molecule has 0 amide bonds. The molecule has 0 saturated carbocycles. The third-order valence-electron chi connectivity index (χ3n) is 3.69. The molecule has 0 aliphatic carbocycles. The van der Waals surface area contributed by atoms with E-state index in [9.17, 15) is 4.79 Å². The van der Waals surface area contributed by atoms with Gasteiger partial charge < -0.3 is 15.3 Å². The average Bonchev–Trinajstić information content (AvgIpc) is 2.52. The number of benzene rings is 1. The van der Waals surface area contributed by atoms with Gasteiger partial charge in [-0.3, -0.25) is 4.79 Å². The molecule has 1 saturated heterocycles. The lowest BCUT2D eigenvalue weighted by Crippen LogP contribution is -2.41. The zero-order valence-corrected chi connectivity index (χ0v) is 11.6. The van der Waals surface area contributed by atoms with Gasteiger partial charge in [0.2, 0.25) is 0 Å². The van der Waals surface area contributed by atoms with Crippen molar-refractivity contribution in [2.45, 2.75) is 38.8 Å². The summed E-state index contributed by atoms with van der Waals surface area (Å²) < 4.78 is 0. The Bertz CT molecular complexity index is 448. The van der Waals surface area contributed by atoms with Crippen molar-refractivity contribution in [2.75, 3.05) is 18.0 Å². The van der Waals surface area contributed by atoms with Crippen LogP contribution in [0.3, 0.4) is 0 Å². The maximum Gasteiger partial charge on any atom is 0.305 e. The molecule has 1 heterocycles. The van der Waals surface area contributed by atoms with E-state index < -0.39 is 5.97 Å². The van der Waals surface area contributed by atoms with Crippen LogP contribution in [0, 0.1) is 6.92 Å². The minimum Gasteiger partial charge on any atom is -0.481 e. The lowest BCUT2D eigenvalue weighted by molar-refractivity contribution is -0.137. The van der Waals surface area contributed by atoms with Crippen LogP contribution >= 0.6 is 0 Å². The highest BCUT2D eigenvalue weighted by atomic mass is 16.4. The monoisotopic (exact) mass is 262 g/mol. The number of hydrogen-bond donors (Lipinski definition) is 2. The van der Waals surface area contributed by atoms with Gasteiger partial charge in [-0.15, -0.1) is 0 Å². The molecule has 1 aromatic rings. The Hall–Kier alpha value is -1.55. The van der Waals surface area contributed by atoms with Gasteiger partial charge in [0.25, 0.3) is 0 Å². The lowest BCUT2D eigenvalue weighted by Gasteiger charge is -2.31. The molecule has 1 aliphatic rings. The summed E-state index contributed by atoms with van der Waals surface area (Å²) in [6.07, 6.45) is 1.21. The van der Waals surface area contributed by atoms with Gasteiger partial charge in [0.05, 0.1) is 12.5 Å². The van der Waals surface area contributed by atoms with Crippen LogP contribution < -0.4 is 10.2 Å². The Balaban J connectivity index is 2.23. The van der Waals surface area contributed by atoms with Gasteiger partial charge in [-0.05, 0) is 38.0 Å². The first kappa shape index (κ1) is 13.9. The topological polar surface area (TPSA) is 52.6 Å². The first-order valence-electron chi connectivity index (χ1n) is 6.85. The van der Waals surface area contributed by atoms with Crippen LogP contribution in [0.5, 0.6) is 0 Å². The quantitative estimate of drug-likeness (QED) is 0.875. The van der Waals surface area contributed by atoms with E-state index >= 15 is 0 Å². The second-order valence-corrected chi connectivity index (χ2v) is 5.38. The lowest BCUT2D eigenvalue weighted by atomic mass is 10.1. The van der Waals surface area contributed by atoms with E-state index in [1.165, 1.54) is 5.56 Å². The number of carboxylic acids is 1. The van der Waals surface area contributed by atoms with Crippen molar-refractivity contribution < 1.29 is 9.90 Å². The number of carboxylic acid groups (broad SMARTS) is 1. The summed E-state index contributed by atoms with van der Waals surface area (Å²) in [5.41, 5.74) is 2.33. The SMILES string of the molecule is Cc1cccc(N2CCC(C)NCC2CC(=O)O)c1. The zero-order valence-electron chi connectivity index (χ0n) is 11.6. The fraction of sp³-hybridized carbons (Fsp3) is 0.533. The second kappa shape index (κ2) is 6.06. The third kappa shape index (κ3) is 3.70.